The smallest absolute Gasteiger partial charge is 0.229 e. The highest BCUT2D eigenvalue weighted by atomic mass is 15.4. The number of hydrogen-bond donors (Lipinski definition) is 2. The maximum absolute atomic E-state index is 4.64. The Bertz CT molecular complexity index is 733. The van der Waals surface area contributed by atoms with Crippen LogP contribution in [-0.4, -0.2) is 25.8 Å². The molecule has 3 rings (SSSR count). The molecule has 0 spiro atoms. The van der Waals surface area contributed by atoms with Crippen LogP contribution in [0.2, 0.25) is 0 Å². The summed E-state index contributed by atoms with van der Waals surface area (Å²) in [6.45, 7) is 9.26. The van der Waals surface area contributed by atoms with Crippen LogP contribution in [0.15, 0.2) is 24.3 Å². The molecule has 1 aromatic carbocycles. The van der Waals surface area contributed by atoms with Crippen LogP contribution in [0.1, 0.15) is 30.8 Å². The predicted molar refractivity (Wildman–Crippen MR) is 84.7 cm³/mol. The Labute approximate surface area is 124 Å². The van der Waals surface area contributed by atoms with Crippen molar-refractivity contribution in [2.24, 2.45) is 0 Å². The quantitative estimate of drug-likeness (QED) is 0.774. The Balaban J connectivity index is 2.00. The van der Waals surface area contributed by atoms with Crippen molar-refractivity contribution in [2.75, 3.05) is 0 Å². The van der Waals surface area contributed by atoms with E-state index in [4.69, 9.17) is 0 Å². The van der Waals surface area contributed by atoms with Crippen LogP contribution >= 0.6 is 0 Å². The lowest BCUT2D eigenvalue weighted by Gasteiger charge is -2.08. The summed E-state index contributed by atoms with van der Waals surface area (Å²) >= 11 is 0. The van der Waals surface area contributed by atoms with Crippen LogP contribution in [0.25, 0.3) is 17.0 Å². The second-order valence-corrected chi connectivity index (χ2v) is 5.67. The average Bonchev–Trinajstić information content (AvgIpc) is 2.98. The number of rotatable bonds is 4. The molecule has 0 unspecified atom stereocenters. The number of benzene rings is 1. The molecule has 5 heteroatoms. The fourth-order valence-corrected chi connectivity index (χ4v) is 2.48. The van der Waals surface area contributed by atoms with E-state index in [1.807, 2.05) is 35.9 Å². The number of nitrogens with zero attached hydrogens (tertiary/aromatic N) is 3. The molecule has 0 saturated heterocycles. The topological polar surface area (TPSA) is 58.5 Å². The summed E-state index contributed by atoms with van der Waals surface area (Å²) in [7, 11) is 0. The van der Waals surface area contributed by atoms with Crippen LogP contribution in [0.4, 0.5) is 0 Å². The van der Waals surface area contributed by atoms with E-state index in [1.165, 1.54) is 5.56 Å². The lowest BCUT2D eigenvalue weighted by atomic mass is 10.2. The zero-order chi connectivity index (χ0) is 15.0. The maximum atomic E-state index is 4.64. The van der Waals surface area contributed by atoms with Gasteiger partial charge >= 0.3 is 0 Å². The molecule has 0 bridgehead atoms. The van der Waals surface area contributed by atoms with Gasteiger partial charge in [0.2, 0.25) is 5.95 Å². The van der Waals surface area contributed by atoms with Gasteiger partial charge in [-0.05, 0) is 26.0 Å². The fourth-order valence-electron chi connectivity index (χ4n) is 2.48. The summed E-state index contributed by atoms with van der Waals surface area (Å²) in [6.07, 6.45) is 0. The molecule has 2 N–H and O–H groups in total. The van der Waals surface area contributed by atoms with Crippen LogP contribution in [-0.2, 0) is 6.54 Å². The van der Waals surface area contributed by atoms with Gasteiger partial charge in [0, 0.05) is 23.8 Å². The fraction of sp³-hybridized carbons (Fsp3) is 0.375. The Morgan fingerprint density at radius 3 is 2.71 bits per heavy atom. The molecule has 0 amide bonds. The third-order valence-electron chi connectivity index (χ3n) is 3.71. The molecule has 5 nitrogen and oxygen atoms in total. The molecule has 0 saturated carbocycles. The van der Waals surface area contributed by atoms with E-state index in [0.717, 1.165) is 34.9 Å². The first-order valence-corrected chi connectivity index (χ1v) is 7.30. The Morgan fingerprint density at radius 2 is 2.00 bits per heavy atom. The molecule has 0 aliphatic carbocycles. The monoisotopic (exact) mass is 283 g/mol. The number of nitrogens with one attached hydrogen (secondary N) is 2. The van der Waals surface area contributed by atoms with Gasteiger partial charge in [0.25, 0.3) is 0 Å². The second-order valence-electron chi connectivity index (χ2n) is 5.67. The van der Waals surface area contributed by atoms with Gasteiger partial charge in [-0.1, -0.05) is 26.0 Å². The van der Waals surface area contributed by atoms with Crippen molar-refractivity contribution in [1.82, 2.24) is 25.1 Å². The first-order chi connectivity index (χ1) is 10.1. The van der Waals surface area contributed by atoms with Crippen molar-refractivity contribution < 1.29 is 0 Å². The van der Waals surface area contributed by atoms with Crippen molar-refractivity contribution in [3.8, 4) is 5.95 Å². The third-order valence-corrected chi connectivity index (χ3v) is 3.71. The van der Waals surface area contributed by atoms with Crippen LogP contribution in [0.5, 0.6) is 0 Å². The van der Waals surface area contributed by atoms with Crippen molar-refractivity contribution in [1.29, 1.82) is 0 Å². The minimum atomic E-state index is 0.457. The molecule has 110 valence electrons. The zero-order valence-corrected chi connectivity index (χ0v) is 12.9. The van der Waals surface area contributed by atoms with Crippen LogP contribution < -0.4 is 5.32 Å². The first kappa shape index (κ1) is 13.8. The second kappa shape index (κ2) is 5.33. The van der Waals surface area contributed by atoms with E-state index in [2.05, 4.69) is 41.2 Å². The molecule has 0 fully saturated rings. The van der Waals surface area contributed by atoms with Gasteiger partial charge in [0.1, 0.15) is 0 Å². The number of aryl methyl sites for hydroxylation is 1. The molecule has 2 aromatic heterocycles. The van der Waals surface area contributed by atoms with Gasteiger partial charge in [-0.25, -0.2) is 9.67 Å². The third kappa shape index (κ3) is 2.56. The summed E-state index contributed by atoms with van der Waals surface area (Å²) in [4.78, 5) is 7.95. The molecule has 2 heterocycles. The molecule has 0 atom stereocenters. The lowest BCUT2D eigenvalue weighted by Crippen LogP contribution is -2.22. The zero-order valence-electron chi connectivity index (χ0n) is 12.9. The van der Waals surface area contributed by atoms with E-state index in [-0.39, 0.29) is 0 Å². The Kier molecular flexibility index (Phi) is 3.51. The standard InChI is InChI=1S/C16H21N5/c1-10(2)17-9-13-11(3)20-21(12(13)4)16-18-14-7-5-6-8-15(14)19-16/h5-8,10,17H,9H2,1-4H3,(H,18,19). The highest BCUT2D eigenvalue weighted by Crippen LogP contribution is 2.19. The van der Waals surface area contributed by atoms with Gasteiger partial charge < -0.3 is 10.3 Å². The van der Waals surface area contributed by atoms with Crippen LogP contribution in [0.3, 0.4) is 0 Å². The van der Waals surface area contributed by atoms with Gasteiger partial charge in [-0.3, -0.25) is 0 Å². The van der Waals surface area contributed by atoms with E-state index < -0.39 is 0 Å². The molecule has 0 aliphatic rings. The molecule has 3 aromatic rings. The number of para-hydroxylation sites is 2. The summed E-state index contributed by atoms with van der Waals surface area (Å²) < 4.78 is 1.90. The summed E-state index contributed by atoms with van der Waals surface area (Å²) in [5, 5.41) is 8.09. The molecular weight excluding hydrogens is 262 g/mol. The van der Waals surface area contributed by atoms with Crippen molar-refractivity contribution in [3.05, 3.63) is 41.2 Å². The minimum absolute atomic E-state index is 0.457. The lowest BCUT2D eigenvalue weighted by molar-refractivity contribution is 0.586. The SMILES string of the molecule is Cc1nn(-c2nc3ccccc3[nH]2)c(C)c1CNC(C)C. The largest absolute Gasteiger partial charge is 0.322 e. The minimum Gasteiger partial charge on any atom is -0.322 e. The van der Waals surface area contributed by atoms with Gasteiger partial charge in [0.05, 0.1) is 16.7 Å². The van der Waals surface area contributed by atoms with Crippen molar-refractivity contribution >= 4 is 11.0 Å². The number of H-pyrrole nitrogens is 1. The van der Waals surface area contributed by atoms with E-state index in [9.17, 15) is 0 Å². The summed E-state index contributed by atoms with van der Waals surface area (Å²) in [5.74, 6) is 0.771. The number of imidazole rings is 1. The first-order valence-electron chi connectivity index (χ1n) is 7.30. The predicted octanol–water partition coefficient (Wildman–Crippen LogP) is 2.86. The summed E-state index contributed by atoms with van der Waals surface area (Å²) in [5.41, 5.74) is 5.40. The van der Waals surface area contributed by atoms with E-state index in [0.29, 0.717) is 6.04 Å². The van der Waals surface area contributed by atoms with Crippen molar-refractivity contribution in [2.45, 2.75) is 40.3 Å². The molecule has 0 aliphatic heterocycles. The highest BCUT2D eigenvalue weighted by molar-refractivity contribution is 5.75. The van der Waals surface area contributed by atoms with Gasteiger partial charge in [-0.2, -0.15) is 5.10 Å². The van der Waals surface area contributed by atoms with E-state index in [1.54, 1.807) is 0 Å². The highest BCUT2D eigenvalue weighted by Gasteiger charge is 2.15. The van der Waals surface area contributed by atoms with Gasteiger partial charge in [-0.15, -0.1) is 0 Å². The van der Waals surface area contributed by atoms with Crippen LogP contribution in [0, 0.1) is 13.8 Å². The number of fused-ring (bicyclic) bond motifs is 1. The Morgan fingerprint density at radius 1 is 1.24 bits per heavy atom. The Hall–Kier alpha value is -2.14. The van der Waals surface area contributed by atoms with Gasteiger partial charge in [0.15, 0.2) is 0 Å². The summed E-state index contributed by atoms with van der Waals surface area (Å²) in [6, 6.07) is 8.48. The maximum Gasteiger partial charge on any atom is 0.229 e. The number of hydrogen-bond acceptors (Lipinski definition) is 3. The number of aromatic nitrogens is 4. The van der Waals surface area contributed by atoms with Crippen molar-refractivity contribution in [3.63, 3.8) is 0 Å². The molecular formula is C16H21N5. The van der Waals surface area contributed by atoms with E-state index >= 15 is 0 Å². The average molecular weight is 283 g/mol. The molecule has 0 radical (unpaired) electrons. The number of aromatic amines is 1. The normalized spacial score (nSPS) is 11.7. The molecule has 21 heavy (non-hydrogen) atoms.